The fourth-order valence-corrected chi connectivity index (χ4v) is 2.41. The van der Waals surface area contributed by atoms with E-state index < -0.39 is 5.82 Å². The van der Waals surface area contributed by atoms with Crippen molar-refractivity contribution in [2.24, 2.45) is 0 Å². The van der Waals surface area contributed by atoms with Crippen molar-refractivity contribution < 1.29 is 14.3 Å². The Morgan fingerprint density at radius 1 is 1.39 bits per heavy atom. The lowest BCUT2D eigenvalue weighted by Crippen LogP contribution is -2.38. The molecule has 1 fully saturated rings. The minimum atomic E-state index is -0.501. The maximum Gasteiger partial charge on any atom is 0.257 e. The largest absolute Gasteiger partial charge is 0.507 e. The molecule has 1 amide bonds. The first-order chi connectivity index (χ1) is 8.59. The molecule has 1 aliphatic rings. The molecule has 1 saturated heterocycles. The Labute approximate surface area is 106 Å². The van der Waals surface area contributed by atoms with Crippen LogP contribution in [0.3, 0.4) is 0 Å². The van der Waals surface area contributed by atoms with Crippen LogP contribution in [0.1, 0.15) is 43.0 Å². The van der Waals surface area contributed by atoms with Gasteiger partial charge in [0.05, 0.1) is 5.56 Å². The smallest absolute Gasteiger partial charge is 0.257 e. The molecular formula is C14H18FNO2. The van der Waals surface area contributed by atoms with Crippen LogP contribution in [0.15, 0.2) is 18.2 Å². The second-order valence-corrected chi connectivity index (χ2v) is 4.86. The number of carbonyl (C=O) groups is 1. The Balaban J connectivity index is 2.26. The number of rotatable bonds is 1. The van der Waals surface area contributed by atoms with Gasteiger partial charge in [0.1, 0.15) is 11.6 Å². The lowest BCUT2D eigenvalue weighted by Gasteiger charge is -2.27. The molecule has 98 valence electrons. The number of halogens is 1. The predicted octanol–water partition coefficient (Wildman–Crippen LogP) is 2.94. The van der Waals surface area contributed by atoms with Gasteiger partial charge in [0.15, 0.2) is 0 Å². The fourth-order valence-electron chi connectivity index (χ4n) is 2.41. The minimum Gasteiger partial charge on any atom is -0.507 e. The summed E-state index contributed by atoms with van der Waals surface area (Å²) in [6.07, 6.45) is 4.15. The van der Waals surface area contributed by atoms with Gasteiger partial charge < -0.3 is 10.0 Å². The van der Waals surface area contributed by atoms with E-state index in [9.17, 15) is 14.3 Å². The summed E-state index contributed by atoms with van der Waals surface area (Å²) in [5.74, 6) is -0.933. The minimum absolute atomic E-state index is 0.0590. The summed E-state index contributed by atoms with van der Waals surface area (Å²) in [5.41, 5.74) is 0.0590. The molecule has 1 N–H and O–H groups in total. The van der Waals surface area contributed by atoms with E-state index in [1.165, 1.54) is 6.07 Å². The summed E-state index contributed by atoms with van der Waals surface area (Å²) in [5, 5.41) is 9.68. The summed E-state index contributed by atoms with van der Waals surface area (Å²) in [4.78, 5) is 14.1. The second kappa shape index (κ2) is 5.38. The number of phenols is 1. The van der Waals surface area contributed by atoms with Crippen molar-refractivity contribution >= 4 is 5.91 Å². The van der Waals surface area contributed by atoms with Crippen LogP contribution < -0.4 is 0 Å². The standard InChI is InChI=1S/C14H18FNO2/c1-10-5-3-2-4-8-16(10)14(18)12-9-11(15)6-7-13(12)17/h6-7,9-10,17H,2-5,8H2,1H3. The highest BCUT2D eigenvalue weighted by Crippen LogP contribution is 2.24. The molecule has 4 heteroatoms. The van der Waals surface area contributed by atoms with Gasteiger partial charge in [0, 0.05) is 12.6 Å². The Morgan fingerprint density at radius 2 is 2.17 bits per heavy atom. The van der Waals surface area contributed by atoms with Crippen LogP contribution >= 0.6 is 0 Å². The van der Waals surface area contributed by atoms with Gasteiger partial charge in [-0.25, -0.2) is 4.39 Å². The van der Waals surface area contributed by atoms with Gasteiger partial charge in [-0.2, -0.15) is 0 Å². The molecule has 1 unspecified atom stereocenters. The van der Waals surface area contributed by atoms with Crippen molar-refractivity contribution in [3.8, 4) is 5.75 Å². The van der Waals surface area contributed by atoms with Gasteiger partial charge >= 0.3 is 0 Å². The number of benzene rings is 1. The number of amides is 1. The molecule has 1 aliphatic heterocycles. The molecule has 0 spiro atoms. The molecule has 3 nitrogen and oxygen atoms in total. The summed E-state index contributed by atoms with van der Waals surface area (Å²) in [7, 11) is 0. The average molecular weight is 251 g/mol. The normalized spacial score (nSPS) is 20.6. The van der Waals surface area contributed by atoms with Crippen molar-refractivity contribution in [3.63, 3.8) is 0 Å². The van der Waals surface area contributed by atoms with Crippen molar-refractivity contribution in [1.82, 2.24) is 4.90 Å². The van der Waals surface area contributed by atoms with E-state index in [0.29, 0.717) is 6.54 Å². The zero-order valence-electron chi connectivity index (χ0n) is 10.5. The fraction of sp³-hybridized carbons (Fsp3) is 0.500. The Bertz CT molecular complexity index is 447. The Morgan fingerprint density at radius 3 is 2.94 bits per heavy atom. The third-order valence-electron chi connectivity index (χ3n) is 3.50. The van der Waals surface area contributed by atoms with E-state index in [4.69, 9.17) is 0 Å². The molecule has 1 heterocycles. The van der Waals surface area contributed by atoms with Crippen LogP contribution in [-0.2, 0) is 0 Å². The lowest BCUT2D eigenvalue weighted by molar-refractivity contribution is 0.0694. The third-order valence-corrected chi connectivity index (χ3v) is 3.50. The average Bonchev–Trinajstić information content (AvgIpc) is 2.56. The van der Waals surface area contributed by atoms with Crippen LogP contribution in [0.2, 0.25) is 0 Å². The lowest BCUT2D eigenvalue weighted by atomic mass is 10.1. The SMILES string of the molecule is CC1CCCCCN1C(=O)c1cc(F)ccc1O. The van der Waals surface area contributed by atoms with Crippen LogP contribution in [0.5, 0.6) is 5.75 Å². The van der Waals surface area contributed by atoms with Crippen LogP contribution in [0, 0.1) is 5.82 Å². The van der Waals surface area contributed by atoms with Gasteiger partial charge in [-0.15, -0.1) is 0 Å². The van der Waals surface area contributed by atoms with Crippen molar-refractivity contribution in [3.05, 3.63) is 29.6 Å². The monoisotopic (exact) mass is 251 g/mol. The van der Waals surface area contributed by atoms with Gasteiger partial charge in [-0.3, -0.25) is 4.79 Å². The highest BCUT2D eigenvalue weighted by molar-refractivity contribution is 5.97. The van der Waals surface area contributed by atoms with Crippen LogP contribution in [0.4, 0.5) is 4.39 Å². The van der Waals surface area contributed by atoms with Gasteiger partial charge in [0.2, 0.25) is 0 Å². The van der Waals surface area contributed by atoms with Crippen molar-refractivity contribution in [2.75, 3.05) is 6.54 Å². The molecule has 0 bridgehead atoms. The maximum atomic E-state index is 13.2. The summed E-state index contributed by atoms with van der Waals surface area (Å²) in [6.45, 7) is 2.68. The van der Waals surface area contributed by atoms with Gasteiger partial charge in [-0.05, 0) is 38.0 Å². The van der Waals surface area contributed by atoms with Crippen molar-refractivity contribution in [1.29, 1.82) is 0 Å². The summed E-state index contributed by atoms with van der Waals surface area (Å²) < 4.78 is 13.2. The molecule has 0 radical (unpaired) electrons. The zero-order chi connectivity index (χ0) is 13.1. The number of nitrogens with zero attached hydrogens (tertiary/aromatic N) is 1. The van der Waals surface area contributed by atoms with Crippen LogP contribution in [-0.4, -0.2) is 28.5 Å². The molecular weight excluding hydrogens is 233 g/mol. The van der Waals surface area contributed by atoms with Crippen molar-refractivity contribution in [2.45, 2.75) is 38.6 Å². The first-order valence-corrected chi connectivity index (χ1v) is 6.39. The van der Waals surface area contributed by atoms with E-state index in [2.05, 4.69) is 0 Å². The van der Waals surface area contributed by atoms with E-state index >= 15 is 0 Å². The molecule has 1 aromatic rings. The second-order valence-electron chi connectivity index (χ2n) is 4.86. The predicted molar refractivity (Wildman–Crippen MR) is 67.0 cm³/mol. The molecule has 1 atom stereocenters. The molecule has 0 aliphatic carbocycles. The summed E-state index contributed by atoms with van der Waals surface area (Å²) in [6, 6.07) is 3.63. The highest BCUT2D eigenvalue weighted by atomic mass is 19.1. The van der Waals surface area contributed by atoms with E-state index in [-0.39, 0.29) is 23.3 Å². The summed E-state index contributed by atoms with van der Waals surface area (Å²) >= 11 is 0. The van der Waals surface area contributed by atoms with Crippen LogP contribution in [0.25, 0.3) is 0 Å². The Hall–Kier alpha value is -1.58. The van der Waals surface area contributed by atoms with E-state index in [0.717, 1.165) is 37.8 Å². The van der Waals surface area contributed by atoms with E-state index in [1.54, 1.807) is 4.90 Å². The number of likely N-dealkylation sites (tertiary alicyclic amines) is 1. The zero-order valence-corrected chi connectivity index (χ0v) is 10.5. The number of phenolic OH excluding ortho intramolecular Hbond substituents is 1. The Kier molecular flexibility index (Phi) is 3.84. The molecule has 1 aromatic carbocycles. The molecule has 0 saturated carbocycles. The topological polar surface area (TPSA) is 40.5 Å². The third kappa shape index (κ3) is 2.63. The number of aromatic hydroxyl groups is 1. The van der Waals surface area contributed by atoms with Gasteiger partial charge in [0.25, 0.3) is 5.91 Å². The quantitative estimate of drug-likeness (QED) is 0.833. The first kappa shape index (κ1) is 12.9. The number of carbonyl (C=O) groups excluding carboxylic acids is 1. The molecule has 0 aromatic heterocycles. The number of hydrogen-bond acceptors (Lipinski definition) is 2. The molecule has 2 rings (SSSR count). The maximum absolute atomic E-state index is 13.2. The van der Waals surface area contributed by atoms with Gasteiger partial charge in [-0.1, -0.05) is 12.8 Å². The first-order valence-electron chi connectivity index (χ1n) is 6.39. The molecule has 18 heavy (non-hydrogen) atoms. The number of hydrogen-bond donors (Lipinski definition) is 1. The van der Waals surface area contributed by atoms with E-state index in [1.807, 2.05) is 6.92 Å². The highest BCUT2D eigenvalue weighted by Gasteiger charge is 2.25.